The van der Waals surface area contributed by atoms with E-state index in [9.17, 15) is 4.79 Å². The van der Waals surface area contributed by atoms with Crippen LogP contribution in [0.15, 0.2) is 54.6 Å². The van der Waals surface area contributed by atoms with E-state index in [1.807, 2.05) is 42.5 Å². The molecule has 2 rings (SSSR count). The molecule has 0 spiro atoms. The van der Waals surface area contributed by atoms with Crippen molar-refractivity contribution >= 4 is 5.91 Å². The molecule has 4 nitrogen and oxygen atoms in total. The lowest BCUT2D eigenvalue weighted by Gasteiger charge is -2.10. The molecule has 23 heavy (non-hydrogen) atoms. The van der Waals surface area contributed by atoms with Crippen LogP contribution in [0.2, 0.25) is 0 Å². The van der Waals surface area contributed by atoms with Crippen LogP contribution in [0.1, 0.15) is 17.5 Å². The van der Waals surface area contributed by atoms with Crippen molar-refractivity contribution in [3.63, 3.8) is 0 Å². The van der Waals surface area contributed by atoms with Crippen molar-refractivity contribution in [1.82, 2.24) is 10.6 Å². The van der Waals surface area contributed by atoms with Crippen LogP contribution >= 0.6 is 0 Å². The summed E-state index contributed by atoms with van der Waals surface area (Å²) in [6.45, 7) is 1.62. The van der Waals surface area contributed by atoms with Crippen molar-refractivity contribution in [2.75, 3.05) is 20.2 Å². The second-order valence-electron chi connectivity index (χ2n) is 5.35. The fraction of sp³-hybridized carbons (Fsp3) is 0.316. The minimum atomic E-state index is 0.0213. The van der Waals surface area contributed by atoms with E-state index >= 15 is 0 Å². The number of methoxy groups -OCH3 is 1. The van der Waals surface area contributed by atoms with Gasteiger partial charge in [0, 0.05) is 18.7 Å². The van der Waals surface area contributed by atoms with Crippen LogP contribution in [0.3, 0.4) is 0 Å². The van der Waals surface area contributed by atoms with Crippen molar-refractivity contribution in [3.05, 3.63) is 65.7 Å². The lowest BCUT2D eigenvalue weighted by molar-refractivity contribution is -0.120. The van der Waals surface area contributed by atoms with Gasteiger partial charge in [0.2, 0.25) is 5.91 Å². The number of benzene rings is 2. The third-order valence-corrected chi connectivity index (χ3v) is 3.60. The summed E-state index contributed by atoms with van der Waals surface area (Å²) in [7, 11) is 1.65. The summed E-state index contributed by atoms with van der Waals surface area (Å²) in [6, 6.07) is 18.1. The fourth-order valence-electron chi connectivity index (χ4n) is 2.39. The van der Waals surface area contributed by atoms with E-state index in [0.717, 1.165) is 24.2 Å². The molecule has 0 aliphatic heterocycles. The second kappa shape index (κ2) is 9.64. The van der Waals surface area contributed by atoms with Crippen molar-refractivity contribution in [2.45, 2.75) is 19.4 Å². The quantitative estimate of drug-likeness (QED) is 0.700. The van der Waals surface area contributed by atoms with Crippen molar-refractivity contribution < 1.29 is 9.53 Å². The van der Waals surface area contributed by atoms with E-state index in [1.165, 1.54) is 5.56 Å². The zero-order chi connectivity index (χ0) is 16.3. The van der Waals surface area contributed by atoms with Gasteiger partial charge in [0.05, 0.1) is 13.7 Å². The van der Waals surface area contributed by atoms with Crippen LogP contribution in [0.5, 0.6) is 5.75 Å². The van der Waals surface area contributed by atoms with Gasteiger partial charge in [-0.15, -0.1) is 0 Å². The van der Waals surface area contributed by atoms with Gasteiger partial charge in [-0.25, -0.2) is 0 Å². The first-order valence-electron chi connectivity index (χ1n) is 7.93. The van der Waals surface area contributed by atoms with Crippen LogP contribution < -0.4 is 15.4 Å². The van der Waals surface area contributed by atoms with Crippen LogP contribution in [0, 0.1) is 0 Å². The lowest BCUT2D eigenvalue weighted by atomic mass is 10.1. The molecule has 0 saturated carbocycles. The van der Waals surface area contributed by atoms with Gasteiger partial charge >= 0.3 is 0 Å². The van der Waals surface area contributed by atoms with Crippen LogP contribution in [0.25, 0.3) is 0 Å². The minimum absolute atomic E-state index is 0.0213. The third-order valence-electron chi connectivity index (χ3n) is 3.60. The molecule has 0 aromatic heterocycles. The summed E-state index contributed by atoms with van der Waals surface area (Å²) in [4.78, 5) is 11.8. The fourth-order valence-corrected chi connectivity index (χ4v) is 2.39. The third kappa shape index (κ3) is 6.12. The van der Waals surface area contributed by atoms with Gasteiger partial charge in [-0.2, -0.15) is 0 Å². The van der Waals surface area contributed by atoms with Gasteiger partial charge < -0.3 is 15.4 Å². The number of amides is 1. The van der Waals surface area contributed by atoms with Gasteiger partial charge in [-0.05, 0) is 24.5 Å². The maximum Gasteiger partial charge on any atom is 0.233 e. The topological polar surface area (TPSA) is 50.4 Å². The zero-order valence-corrected chi connectivity index (χ0v) is 13.5. The summed E-state index contributed by atoms with van der Waals surface area (Å²) in [6.07, 6.45) is 1.93. The standard InChI is InChI=1S/C19H24N2O2/c1-23-18-12-6-5-11-17(18)14-20-15-19(22)21-13-7-10-16-8-3-2-4-9-16/h2-6,8-9,11-12,20H,7,10,13-15H2,1H3,(H,21,22). The summed E-state index contributed by atoms with van der Waals surface area (Å²) in [5, 5.41) is 6.08. The average molecular weight is 312 g/mol. The summed E-state index contributed by atoms with van der Waals surface area (Å²) in [5.74, 6) is 0.858. The first-order valence-corrected chi connectivity index (χ1v) is 7.93. The molecule has 0 aliphatic carbocycles. The molecular weight excluding hydrogens is 288 g/mol. The lowest BCUT2D eigenvalue weighted by Crippen LogP contribution is -2.34. The normalized spacial score (nSPS) is 10.3. The number of hydrogen-bond donors (Lipinski definition) is 2. The van der Waals surface area contributed by atoms with Crippen LogP contribution in [-0.2, 0) is 17.8 Å². The highest BCUT2D eigenvalue weighted by molar-refractivity contribution is 5.77. The Labute approximate surface area is 137 Å². The van der Waals surface area contributed by atoms with E-state index in [-0.39, 0.29) is 5.91 Å². The number of rotatable bonds is 9. The Morgan fingerprint density at radius 3 is 2.57 bits per heavy atom. The van der Waals surface area contributed by atoms with Crippen LogP contribution in [0.4, 0.5) is 0 Å². The highest BCUT2D eigenvalue weighted by Gasteiger charge is 2.03. The number of hydrogen-bond acceptors (Lipinski definition) is 3. The number of ether oxygens (including phenoxy) is 1. The highest BCUT2D eigenvalue weighted by atomic mass is 16.5. The molecule has 0 heterocycles. The molecule has 0 radical (unpaired) electrons. The Kier molecular flexibility index (Phi) is 7.14. The van der Waals surface area contributed by atoms with Crippen molar-refractivity contribution in [1.29, 1.82) is 0 Å². The molecule has 1 amide bonds. The SMILES string of the molecule is COc1ccccc1CNCC(=O)NCCCc1ccccc1. The largest absolute Gasteiger partial charge is 0.496 e. The molecule has 0 bridgehead atoms. The maximum absolute atomic E-state index is 11.8. The molecule has 0 saturated heterocycles. The van der Waals surface area contributed by atoms with Gasteiger partial charge in [0.25, 0.3) is 0 Å². The first-order chi connectivity index (χ1) is 11.3. The molecular formula is C19H24N2O2. The molecule has 4 heteroatoms. The Morgan fingerprint density at radius 1 is 1.04 bits per heavy atom. The molecule has 0 unspecified atom stereocenters. The molecule has 2 aromatic carbocycles. The Morgan fingerprint density at radius 2 is 1.78 bits per heavy atom. The monoisotopic (exact) mass is 312 g/mol. The van der Waals surface area contributed by atoms with Gasteiger partial charge in [0.1, 0.15) is 5.75 Å². The average Bonchev–Trinajstić information content (AvgIpc) is 2.60. The zero-order valence-electron chi connectivity index (χ0n) is 13.5. The predicted octanol–water partition coefficient (Wildman–Crippen LogP) is 2.53. The van der Waals surface area contributed by atoms with Gasteiger partial charge in [0.15, 0.2) is 0 Å². The minimum Gasteiger partial charge on any atom is -0.496 e. The highest BCUT2D eigenvalue weighted by Crippen LogP contribution is 2.16. The summed E-state index contributed by atoms with van der Waals surface area (Å²) >= 11 is 0. The van der Waals surface area contributed by atoms with E-state index in [2.05, 4.69) is 22.8 Å². The van der Waals surface area contributed by atoms with E-state index < -0.39 is 0 Å². The molecule has 122 valence electrons. The molecule has 0 fully saturated rings. The molecule has 2 aromatic rings. The first kappa shape index (κ1) is 17.0. The van der Waals surface area contributed by atoms with E-state index in [0.29, 0.717) is 19.6 Å². The second-order valence-corrected chi connectivity index (χ2v) is 5.35. The molecule has 0 atom stereocenters. The number of carbonyl (C=O) groups excluding carboxylic acids is 1. The van der Waals surface area contributed by atoms with Gasteiger partial charge in [-0.3, -0.25) is 4.79 Å². The van der Waals surface area contributed by atoms with E-state index in [4.69, 9.17) is 4.74 Å². The Bertz CT molecular complexity index is 599. The summed E-state index contributed by atoms with van der Waals surface area (Å²) < 4.78 is 5.28. The summed E-state index contributed by atoms with van der Waals surface area (Å²) in [5.41, 5.74) is 2.35. The number of aryl methyl sites for hydroxylation is 1. The Hall–Kier alpha value is -2.33. The molecule has 2 N–H and O–H groups in total. The predicted molar refractivity (Wildman–Crippen MR) is 92.5 cm³/mol. The smallest absolute Gasteiger partial charge is 0.233 e. The van der Waals surface area contributed by atoms with Gasteiger partial charge in [-0.1, -0.05) is 48.5 Å². The van der Waals surface area contributed by atoms with Crippen molar-refractivity contribution in [3.8, 4) is 5.75 Å². The maximum atomic E-state index is 11.8. The molecule has 0 aliphatic rings. The Balaban J connectivity index is 1.60. The van der Waals surface area contributed by atoms with Crippen LogP contribution in [-0.4, -0.2) is 26.1 Å². The number of carbonyl (C=O) groups is 1. The van der Waals surface area contributed by atoms with E-state index in [1.54, 1.807) is 7.11 Å². The number of para-hydroxylation sites is 1. The van der Waals surface area contributed by atoms with Crippen molar-refractivity contribution in [2.24, 2.45) is 0 Å². The number of nitrogens with one attached hydrogen (secondary N) is 2.